The molecule has 16 heteroatoms. The van der Waals surface area contributed by atoms with Gasteiger partial charge in [-0.2, -0.15) is 0 Å². The molecule has 4 aliphatic heterocycles. The van der Waals surface area contributed by atoms with Gasteiger partial charge in [0.2, 0.25) is 11.8 Å². The molecule has 1 unspecified atom stereocenters. The van der Waals surface area contributed by atoms with Gasteiger partial charge in [0.25, 0.3) is 5.91 Å². The number of rotatable bonds is 10. The first kappa shape index (κ1) is 44.6. The fourth-order valence-corrected chi connectivity index (χ4v) is 11.4. The van der Waals surface area contributed by atoms with Crippen LogP contribution < -0.4 is 16.7 Å². The third-order valence-corrected chi connectivity index (χ3v) is 15.4. The van der Waals surface area contributed by atoms with Gasteiger partial charge >= 0.3 is 5.69 Å². The zero-order valence-electron chi connectivity index (χ0n) is 39.1. The third-order valence-electron chi connectivity index (χ3n) is 15.4. The van der Waals surface area contributed by atoms with Crippen molar-refractivity contribution in [3.05, 3.63) is 106 Å². The van der Waals surface area contributed by atoms with Crippen LogP contribution in [0.3, 0.4) is 0 Å². The Morgan fingerprint density at radius 1 is 0.836 bits per heavy atom. The molecule has 0 radical (unpaired) electrons. The maximum Gasteiger partial charge on any atom is 0.329 e. The number of carbonyl (C=O) groups is 3. The number of nitrogen functional groups attached to an aromatic ring is 1. The van der Waals surface area contributed by atoms with Crippen molar-refractivity contribution in [2.24, 2.45) is 20.0 Å². The second kappa shape index (κ2) is 18.5. The standard InChI is InChI=1S/C51H62N12O4/c1-32-29-59(30-35-5-11-42-45(27-35)58(4)51(67)63(42)43-12-14-47(64)54-49(43)65)25-26-62(32)31-34-16-21-61(22-17-34)50(66)38-8-6-36(7-9-38)37-18-23-60(24-19-37)33(2)44-28-40-39(15-20-53-48(40)57(44)3)41-10-13-46(52)56-55-41/h5-11,13,15,20,27-28,32-34,37,43H,12,14,16-19,21-26,29-31H2,1-4H3,(H2,52,56)(H,54,64,65)/t32-,33-,43?/m0/s1. The van der Waals surface area contributed by atoms with Gasteiger partial charge in [0.05, 0.1) is 16.7 Å². The summed E-state index contributed by atoms with van der Waals surface area (Å²) in [6, 6.07) is 22.4. The number of likely N-dealkylation sites (tertiary alicyclic amines) is 2. The Kier molecular flexibility index (Phi) is 12.3. The van der Waals surface area contributed by atoms with Crippen molar-refractivity contribution in [1.29, 1.82) is 0 Å². The van der Waals surface area contributed by atoms with Gasteiger partial charge in [0, 0.05) is 107 Å². The smallest absolute Gasteiger partial charge is 0.329 e. The molecule has 3 atom stereocenters. The van der Waals surface area contributed by atoms with E-state index in [-0.39, 0.29) is 30.0 Å². The molecule has 6 aromatic rings. The molecule has 3 N–H and O–H groups in total. The summed E-state index contributed by atoms with van der Waals surface area (Å²) in [6.45, 7) is 12.9. The molecule has 0 aliphatic carbocycles. The number of nitrogens with zero attached hydrogens (tertiary/aromatic N) is 10. The normalized spacial score (nSPS) is 21.3. The fourth-order valence-electron chi connectivity index (χ4n) is 11.4. The first-order valence-electron chi connectivity index (χ1n) is 24.1. The van der Waals surface area contributed by atoms with E-state index in [1.54, 1.807) is 17.7 Å². The lowest BCUT2D eigenvalue weighted by atomic mass is 9.88. The molecule has 4 aromatic heterocycles. The Bertz CT molecular complexity index is 2870. The lowest BCUT2D eigenvalue weighted by Crippen LogP contribution is -2.53. The van der Waals surface area contributed by atoms with Gasteiger partial charge in [0.15, 0.2) is 0 Å². The number of aryl methyl sites for hydroxylation is 2. The first-order chi connectivity index (χ1) is 32.4. The van der Waals surface area contributed by atoms with Crippen LogP contribution in [0.4, 0.5) is 5.82 Å². The van der Waals surface area contributed by atoms with Gasteiger partial charge in [-0.25, -0.2) is 9.78 Å². The van der Waals surface area contributed by atoms with E-state index in [2.05, 4.69) is 86.0 Å². The zero-order chi connectivity index (χ0) is 46.5. The van der Waals surface area contributed by atoms with Gasteiger partial charge in [-0.1, -0.05) is 18.2 Å². The molecule has 3 amide bonds. The summed E-state index contributed by atoms with van der Waals surface area (Å²) >= 11 is 0. The van der Waals surface area contributed by atoms with Crippen molar-refractivity contribution in [3.8, 4) is 11.3 Å². The van der Waals surface area contributed by atoms with Crippen molar-refractivity contribution in [2.45, 2.75) is 83.0 Å². The van der Waals surface area contributed by atoms with Crippen LogP contribution in [0.2, 0.25) is 0 Å². The van der Waals surface area contributed by atoms with Crippen LogP contribution in [0.5, 0.6) is 0 Å². The Labute approximate surface area is 390 Å². The second-order valence-electron chi connectivity index (χ2n) is 19.5. The number of piperazine rings is 1. The Morgan fingerprint density at radius 3 is 2.33 bits per heavy atom. The van der Waals surface area contributed by atoms with E-state index >= 15 is 0 Å². The van der Waals surface area contributed by atoms with E-state index in [9.17, 15) is 19.2 Å². The molecule has 4 saturated heterocycles. The number of anilines is 1. The Morgan fingerprint density at radius 2 is 1.61 bits per heavy atom. The monoisotopic (exact) mass is 907 g/mol. The minimum absolute atomic E-state index is 0.137. The number of hydrogen-bond acceptors (Lipinski definition) is 11. The number of pyridine rings is 1. The number of hydrogen-bond donors (Lipinski definition) is 2. The summed E-state index contributed by atoms with van der Waals surface area (Å²) in [5, 5.41) is 11.9. The summed E-state index contributed by atoms with van der Waals surface area (Å²) in [5.41, 5.74) is 14.2. The van der Waals surface area contributed by atoms with Gasteiger partial charge in [-0.3, -0.25) is 43.5 Å². The van der Waals surface area contributed by atoms with Crippen LogP contribution in [0.1, 0.15) is 97.6 Å². The quantitative estimate of drug-likeness (QED) is 0.172. The predicted molar refractivity (Wildman–Crippen MR) is 258 cm³/mol. The van der Waals surface area contributed by atoms with Gasteiger partial charge in [-0.15, -0.1) is 10.2 Å². The number of aromatic nitrogens is 6. The van der Waals surface area contributed by atoms with Crippen LogP contribution >= 0.6 is 0 Å². The maximum absolute atomic E-state index is 13.7. The van der Waals surface area contributed by atoms with E-state index < -0.39 is 11.9 Å². The highest BCUT2D eigenvalue weighted by Gasteiger charge is 2.33. The highest BCUT2D eigenvalue weighted by molar-refractivity contribution is 6.00. The van der Waals surface area contributed by atoms with Crippen molar-refractivity contribution < 1.29 is 14.4 Å². The van der Waals surface area contributed by atoms with Crippen LogP contribution in [0.15, 0.2) is 77.7 Å². The first-order valence-corrected chi connectivity index (χ1v) is 24.1. The highest BCUT2D eigenvalue weighted by atomic mass is 16.2. The number of carbonyl (C=O) groups excluding carboxylic acids is 3. The molecule has 10 rings (SSSR count). The summed E-state index contributed by atoms with van der Waals surface area (Å²) in [5.74, 6) is 0.845. The maximum atomic E-state index is 13.7. The molecule has 0 spiro atoms. The molecule has 0 saturated carbocycles. The lowest BCUT2D eigenvalue weighted by Gasteiger charge is -2.42. The van der Waals surface area contributed by atoms with Crippen LogP contribution in [0, 0.1) is 5.92 Å². The molecule has 2 aromatic carbocycles. The van der Waals surface area contributed by atoms with E-state index in [1.807, 2.05) is 41.4 Å². The van der Waals surface area contributed by atoms with Gasteiger partial charge in [0.1, 0.15) is 17.5 Å². The summed E-state index contributed by atoms with van der Waals surface area (Å²) in [7, 11) is 3.83. The van der Waals surface area contributed by atoms with Crippen molar-refractivity contribution in [2.75, 3.05) is 58.1 Å². The fraction of sp³-hybridized carbons (Fsp3) is 0.471. The number of benzene rings is 2. The predicted octanol–water partition coefficient (Wildman–Crippen LogP) is 5.24. The lowest BCUT2D eigenvalue weighted by molar-refractivity contribution is -0.135. The molecule has 4 aliphatic rings. The molecular formula is C51H62N12O4. The minimum Gasteiger partial charge on any atom is -0.382 e. The largest absolute Gasteiger partial charge is 0.382 e. The number of fused-ring (bicyclic) bond motifs is 2. The van der Waals surface area contributed by atoms with Crippen molar-refractivity contribution >= 4 is 45.6 Å². The number of nitrogens with one attached hydrogen (secondary N) is 1. The molecule has 350 valence electrons. The van der Waals surface area contributed by atoms with Crippen LogP contribution in [-0.2, 0) is 30.2 Å². The molecular weight excluding hydrogens is 845 g/mol. The molecule has 0 bridgehead atoms. The third kappa shape index (κ3) is 8.78. The van der Waals surface area contributed by atoms with Crippen LogP contribution in [-0.4, -0.2) is 125 Å². The second-order valence-corrected chi connectivity index (χ2v) is 19.5. The summed E-state index contributed by atoms with van der Waals surface area (Å²) < 4.78 is 5.34. The zero-order valence-corrected chi connectivity index (χ0v) is 39.1. The van der Waals surface area contributed by atoms with Crippen LogP contribution in [0.25, 0.3) is 33.3 Å². The highest BCUT2D eigenvalue weighted by Crippen LogP contribution is 2.36. The number of imidazole rings is 1. The van der Waals surface area contributed by atoms with E-state index in [1.165, 1.54) is 15.8 Å². The topological polar surface area (TPSA) is 173 Å². The van der Waals surface area contributed by atoms with Crippen molar-refractivity contribution in [1.82, 2.24) is 53.8 Å². The molecule has 4 fully saturated rings. The Hall–Kier alpha value is -6.23. The number of nitrogens with two attached hydrogens (primary N) is 1. The average Bonchev–Trinajstić information content (AvgIpc) is 3.81. The van der Waals surface area contributed by atoms with Crippen molar-refractivity contribution in [3.63, 3.8) is 0 Å². The van der Waals surface area contributed by atoms with E-state index in [0.717, 1.165) is 124 Å². The molecule has 16 nitrogen and oxygen atoms in total. The molecule has 8 heterocycles. The Balaban J connectivity index is 0.680. The summed E-state index contributed by atoms with van der Waals surface area (Å²) in [4.78, 5) is 65.8. The number of imide groups is 1. The number of piperidine rings is 3. The number of amides is 3. The minimum atomic E-state index is -0.688. The summed E-state index contributed by atoms with van der Waals surface area (Å²) in [6.07, 6.45) is 6.53. The van der Waals surface area contributed by atoms with E-state index in [0.29, 0.717) is 35.6 Å². The average molecular weight is 907 g/mol. The van der Waals surface area contributed by atoms with Gasteiger partial charge < -0.3 is 15.2 Å². The molecule has 67 heavy (non-hydrogen) atoms. The SMILES string of the molecule is C[C@H]1CN(Cc2ccc3c(c2)n(C)c(=O)n3C2CCC(=O)NC2=O)CCN1CC1CCN(C(=O)c2ccc(C3CCN([C@@H](C)c4cc5c(-c6ccc(N)nn6)ccnc5n4C)CC3)cc2)CC1. The van der Waals surface area contributed by atoms with E-state index in [4.69, 9.17) is 10.7 Å². The van der Waals surface area contributed by atoms with Gasteiger partial charge in [-0.05, 0) is 131 Å².